The minimum atomic E-state index is -3.28. The van der Waals surface area contributed by atoms with Gasteiger partial charge in [0.25, 0.3) is 11.6 Å². The maximum absolute atomic E-state index is 13.1. The Morgan fingerprint density at radius 1 is 0.657 bits per heavy atom. The normalized spacial score (nSPS) is 29.1. The van der Waals surface area contributed by atoms with E-state index in [2.05, 4.69) is 9.99 Å². The third-order valence-corrected chi connectivity index (χ3v) is 11.8. The lowest BCUT2D eigenvalue weighted by Crippen LogP contribution is -2.66. The minimum Gasteiger partial charge on any atom is -0.477 e. The van der Waals surface area contributed by atoms with Gasteiger partial charge in [0.15, 0.2) is 5.71 Å². The number of carboxylic acid groups (broad SMARTS) is 3. The van der Waals surface area contributed by atoms with Crippen LogP contribution in [0.3, 0.4) is 0 Å². The van der Waals surface area contributed by atoms with E-state index >= 15 is 0 Å². The van der Waals surface area contributed by atoms with Crippen molar-refractivity contribution in [3.63, 3.8) is 0 Å². The largest absolute Gasteiger partial charge is 0.477 e. The predicted octanol–water partition coefficient (Wildman–Crippen LogP) is -6.31. The van der Waals surface area contributed by atoms with Crippen LogP contribution in [-0.2, 0) is 62.1 Å². The summed E-state index contributed by atoms with van der Waals surface area (Å²) in [4.78, 5) is 84.0. The minimum absolute atomic E-state index is 0.0426. The molecule has 2 rings (SSSR count). The Kier molecular flexibility index (Phi) is 25.8. The molecule has 29 heteroatoms. The van der Waals surface area contributed by atoms with Crippen LogP contribution in [0.15, 0.2) is 5.16 Å². The molecule has 0 saturated carbocycles. The number of nitrogens with two attached hydrogens (primary N) is 1. The van der Waals surface area contributed by atoms with Gasteiger partial charge in [-0.3, -0.25) is 0 Å². The van der Waals surface area contributed by atoms with Gasteiger partial charge in [-0.25, -0.2) is 20.3 Å². The van der Waals surface area contributed by atoms with Crippen molar-refractivity contribution in [2.24, 2.45) is 28.8 Å². The highest BCUT2D eigenvalue weighted by Gasteiger charge is 2.60. The number of oxime groups is 1. The Morgan fingerprint density at radius 2 is 1.14 bits per heavy atom. The molecule has 2 saturated heterocycles. The van der Waals surface area contributed by atoms with Gasteiger partial charge in [-0.05, 0) is 27.2 Å². The second-order valence-corrected chi connectivity index (χ2v) is 17.2. The highest BCUT2D eigenvalue weighted by atomic mass is 16.8. The van der Waals surface area contributed by atoms with E-state index in [-0.39, 0.29) is 26.4 Å². The van der Waals surface area contributed by atoms with E-state index in [1.807, 2.05) is 0 Å². The molecule has 404 valence electrons. The highest BCUT2D eigenvalue weighted by molar-refractivity contribution is 6.35. The standard InChI is InChI=1S/C41H68N2O27/c1-18(47)10-21(25(50)5-4-24(37(58)59)43-66-9-7-64-6-8-65-42)31(54)33(56)29(16-45)67-40(38(60)61)14-27(52)23(12-20(3)49)36(70-40)34(57)30(17-46)68-41(39(62)63)13-26(51)22(11-19(2)48)35(69-41)32(55)28(53)15-44/h21-23,25-36,44-46,50-57H,4-17,42H2,1-3H3,(H,58,59)(H,60,61)(H,62,63)/b43-24-. The first-order valence-electron chi connectivity index (χ1n) is 22.0. The number of hydrogen-bond acceptors (Lipinski definition) is 26. The van der Waals surface area contributed by atoms with Gasteiger partial charge >= 0.3 is 17.9 Å². The van der Waals surface area contributed by atoms with Crippen molar-refractivity contribution in [2.45, 2.75) is 151 Å². The molecule has 2 fully saturated rings. The van der Waals surface area contributed by atoms with Gasteiger partial charge in [0.2, 0.25) is 0 Å². The molecule has 70 heavy (non-hydrogen) atoms. The van der Waals surface area contributed by atoms with E-state index in [0.717, 1.165) is 20.8 Å². The van der Waals surface area contributed by atoms with Crippen LogP contribution in [0.2, 0.25) is 0 Å². The fraction of sp³-hybridized carbons (Fsp3) is 0.829. The third-order valence-electron chi connectivity index (χ3n) is 11.8. The molecular formula is C41H68N2O27. The van der Waals surface area contributed by atoms with Crippen molar-refractivity contribution in [3.05, 3.63) is 0 Å². The molecule has 2 aliphatic heterocycles. The van der Waals surface area contributed by atoms with Gasteiger partial charge in [-0.2, -0.15) is 0 Å². The summed E-state index contributed by atoms with van der Waals surface area (Å²) in [6.45, 7) is -0.835. The predicted molar refractivity (Wildman–Crippen MR) is 226 cm³/mol. The highest BCUT2D eigenvalue weighted by Crippen LogP contribution is 2.43. The van der Waals surface area contributed by atoms with Crippen LogP contribution < -0.4 is 5.90 Å². The average molecular weight is 1020 g/mol. The van der Waals surface area contributed by atoms with Crippen molar-refractivity contribution < 1.29 is 134 Å². The van der Waals surface area contributed by atoms with E-state index in [1.54, 1.807) is 0 Å². The molecule has 0 amide bonds. The van der Waals surface area contributed by atoms with Crippen LogP contribution in [0.1, 0.15) is 65.7 Å². The molecule has 0 aliphatic carbocycles. The van der Waals surface area contributed by atoms with E-state index in [0.29, 0.717) is 0 Å². The number of carboxylic acids is 3. The molecule has 17 unspecified atom stereocenters. The first-order valence-corrected chi connectivity index (χ1v) is 22.0. The van der Waals surface area contributed by atoms with Crippen molar-refractivity contribution in [1.29, 1.82) is 0 Å². The van der Waals surface area contributed by atoms with Gasteiger partial charge in [0.05, 0.1) is 76.3 Å². The van der Waals surface area contributed by atoms with Crippen LogP contribution in [0, 0.1) is 17.8 Å². The summed E-state index contributed by atoms with van der Waals surface area (Å²) in [7, 11) is 0. The van der Waals surface area contributed by atoms with E-state index in [4.69, 9.17) is 34.4 Å². The molecule has 29 nitrogen and oxygen atoms in total. The van der Waals surface area contributed by atoms with Crippen LogP contribution in [0.5, 0.6) is 0 Å². The summed E-state index contributed by atoms with van der Waals surface area (Å²) >= 11 is 0. The first kappa shape index (κ1) is 62.3. The second-order valence-electron chi connectivity index (χ2n) is 17.2. The zero-order valence-electron chi connectivity index (χ0n) is 38.7. The maximum Gasteiger partial charge on any atom is 0.364 e. The number of aliphatic carboxylic acids is 3. The number of carbonyl (C=O) groups excluding carboxylic acids is 3. The number of nitrogens with zero attached hydrogens (tertiary/aromatic N) is 1. The summed E-state index contributed by atoms with van der Waals surface area (Å²) in [6.07, 6.45) is -31.3. The van der Waals surface area contributed by atoms with Gasteiger partial charge in [-0.15, -0.1) is 0 Å². The van der Waals surface area contributed by atoms with Crippen LogP contribution in [0.4, 0.5) is 0 Å². The Morgan fingerprint density at radius 3 is 1.57 bits per heavy atom. The Labute approximate surface area is 399 Å². The van der Waals surface area contributed by atoms with Gasteiger partial charge < -0.3 is 119 Å². The Bertz CT molecular complexity index is 1740. The second kappa shape index (κ2) is 29.0. The zero-order chi connectivity index (χ0) is 53.3. The number of rotatable bonds is 34. The first-order chi connectivity index (χ1) is 32.8. The molecule has 0 aromatic carbocycles. The number of aliphatic hydroxyl groups excluding tert-OH is 11. The van der Waals surface area contributed by atoms with E-state index in [1.165, 1.54) is 0 Å². The lowest BCUT2D eigenvalue weighted by atomic mass is 9.79. The molecule has 16 N–H and O–H groups in total. The summed E-state index contributed by atoms with van der Waals surface area (Å²) in [5.74, 6) is -14.1. The molecule has 0 aromatic rings. The zero-order valence-corrected chi connectivity index (χ0v) is 38.7. The molecule has 0 radical (unpaired) electrons. The van der Waals surface area contributed by atoms with Crippen molar-refractivity contribution >= 4 is 41.0 Å². The molecular weight excluding hydrogens is 952 g/mol. The number of ether oxygens (including phenoxy) is 5. The van der Waals surface area contributed by atoms with Gasteiger partial charge in [0, 0.05) is 56.3 Å². The fourth-order valence-corrected chi connectivity index (χ4v) is 8.21. The van der Waals surface area contributed by atoms with Crippen LogP contribution in [0.25, 0.3) is 0 Å². The topological polar surface area (TPSA) is 489 Å². The monoisotopic (exact) mass is 1020 g/mol. The molecule has 2 aliphatic rings. The number of hydrogen-bond donors (Lipinski definition) is 15. The lowest BCUT2D eigenvalue weighted by molar-refractivity contribution is -0.360. The third kappa shape index (κ3) is 17.2. The number of Topliss-reactive ketones (excluding diaryl/α,β-unsaturated/α-hetero) is 3. The van der Waals surface area contributed by atoms with Gasteiger partial charge in [-0.1, -0.05) is 5.16 Å². The SMILES string of the molecule is CC(=O)CC(C(O)CC/C(=N/OCCOCCON)C(=O)O)C(O)C(O)C(CO)OC1(C(=O)O)CC(O)C(CC(C)=O)C(C(O)C(CO)OC2(C(=O)O)CC(O)C(CC(C)=O)C(C(O)C(O)CO)O2)O1. The summed E-state index contributed by atoms with van der Waals surface area (Å²) in [6, 6.07) is 0. The van der Waals surface area contributed by atoms with Gasteiger partial charge in [0.1, 0.15) is 60.6 Å². The van der Waals surface area contributed by atoms with Crippen LogP contribution >= 0.6 is 0 Å². The Hall–Kier alpha value is -3.83. The van der Waals surface area contributed by atoms with Crippen LogP contribution in [-0.4, -0.2) is 244 Å². The number of aliphatic hydroxyl groups is 11. The summed E-state index contributed by atoms with van der Waals surface area (Å²) in [5.41, 5.74) is -0.622. The molecule has 0 aromatic heterocycles. The summed E-state index contributed by atoms with van der Waals surface area (Å²) in [5, 5.41) is 154. The Balaban J connectivity index is 2.52. The van der Waals surface area contributed by atoms with Crippen molar-refractivity contribution in [1.82, 2.24) is 0 Å². The number of ketones is 3. The molecule has 0 spiro atoms. The smallest absolute Gasteiger partial charge is 0.364 e. The lowest BCUT2D eigenvalue weighted by Gasteiger charge is -2.50. The molecule has 17 atom stereocenters. The van der Waals surface area contributed by atoms with Crippen molar-refractivity contribution in [2.75, 3.05) is 46.2 Å². The maximum atomic E-state index is 13.1. The van der Waals surface area contributed by atoms with E-state index < -0.39 is 208 Å². The average Bonchev–Trinajstić information content (AvgIpc) is 3.29. The molecule has 0 bridgehead atoms. The number of carbonyl (C=O) groups is 6. The summed E-state index contributed by atoms with van der Waals surface area (Å²) < 4.78 is 27.7. The van der Waals surface area contributed by atoms with Crippen molar-refractivity contribution in [3.8, 4) is 0 Å². The van der Waals surface area contributed by atoms with E-state index in [9.17, 15) is 100 Å². The quantitative estimate of drug-likeness (QED) is 0.0162. The fourth-order valence-electron chi connectivity index (χ4n) is 8.21. The molecule has 2 heterocycles.